The van der Waals surface area contributed by atoms with E-state index in [1.54, 1.807) is 7.11 Å². The summed E-state index contributed by atoms with van der Waals surface area (Å²) in [5, 5.41) is 0. The third-order valence-electron chi connectivity index (χ3n) is 3.62. The molecule has 0 unspecified atom stereocenters. The van der Waals surface area contributed by atoms with Crippen molar-refractivity contribution in [1.29, 1.82) is 0 Å². The van der Waals surface area contributed by atoms with E-state index in [0.717, 1.165) is 40.1 Å². The minimum atomic E-state index is 0.341. The lowest BCUT2D eigenvalue weighted by Gasteiger charge is -2.30. The van der Waals surface area contributed by atoms with Crippen LogP contribution in [0.2, 0.25) is 0 Å². The number of ether oxygens (including phenoxy) is 1. The Bertz CT molecular complexity index is 590. The summed E-state index contributed by atoms with van der Waals surface area (Å²) >= 11 is 3.50. The first-order valence-electron chi connectivity index (χ1n) is 6.31. The van der Waals surface area contributed by atoms with Crippen molar-refractivity contribution in [2.45, 2.75) is 24.8 Å². The lowest BCUT2D eigenvalue weighted by molar-refractivity contribution is 0.340. The number of hydrogen-bond donors (Lipinski definition) is 2. The van der Waals surface area contributed by atoms with Gasteiger partial charge < -0.3 is 15.5 Å². The van der Waals surface area contributed by atoms with E-state index in [1.165, 1.54) is 0 Å². The highest BCUT2D eigenvalue weighted by Crippen LogP contribution is 2.35. The number of aromatic nitrogens is 2. The van der Waals surface area contributed by atoms with Gasteiger partial charge in [-0.1, -0.05) is 0 Å². The highest BCUT2D eigenvalue weighted by atomic mass is 79.9. The lowest BCUT2D eigenvalue weighted by atomic mass is 9.80. The molecule has 3 N–H and O–H groups in total. The van der Waals surface area contributed by atoms with Crippen LogP contribution >= 0.6 is 15.9 Å². The molecule has 1 aromatic heterocycles. The van der Waals surface area contributed by atoms with E-state index in [4.69, 9.17) is 10.5 Å². The Morgan fingerprint density at radius 3 is 2.84 bits per heavy atom. The van der Waals surface area contributed by atoms with Crippen molar-refractivity contribution < 1.29 is 4.74 Å². The number of aromatic amines is 1. The number of nitrogens with zero attached hydrogens (tertiary/aromatic N) is 1. The molecule has 0 spiro atoms. The highest BCUT2D eigenvalue weighted by Gasteiger charge is 2.29. The second-order valence-electron chi connectivity index (χ2n) is 4.96. The maximum absolute atomic E-state index is 5.81. The zero-order valence-corrected chi connectivity index (χ0v) is 12.3. The molecular formula is C14H16BrN3O. The summed E-state index contributed by atoms with van der Waals surface area (Å²) in [4.78, 5) is 7.85. The maximum Gasteiger partial charge on any atom is 0.133 e. The van der Waals surface area contributed by atoms with Gasteiger partial charge in [0.25, 0.3) is 0 Å². The van der Waals surface area contributed by atoms with Crippen LogP contribution in [0.3, 0.4) is 0 Å². The van der Waals surface area contributed by atoms with E-state index in [1.807, 2.05) is 24.4 Å². The van der Waals surface area contributed by atoms with E-state index in [2.05, 4.69) is 25.9 Å². The maximum atomic E-state index is 5.81. The number of methoxy groups -OCH3 is 1. The summed E-state index contributed by atoms with van der Waals surface area (Å²) in [5.41, 5.74) is 7.93. The molecule has 0 radical (unpaired) electrons. The van der Waals surface area contributed by atoms with Crippen molar-refractivity contribution in [3.05, 3.63) is 34.7 Å². The molecule has 1 aliphatic carbocycles. The molecule has 1 fully saturated rings. The van der Waals surface area contributed by atoms with Gasteiger partial charge in [-0.25, -0.2) is 4.98 Å². The molecule has 2 aromatic rings. The van der Waals surface area contributed by atoms with Crippen molar-refractivity contribution in [1.82, 2.24) is 9.97 Å². The van der Waals surface area contributed by atoms with Crippen LogP contribution in [0.4, 0.5) is 0 Å². The Hall–Kier alpha value is -1.33. The molecule has 0 atom stereocenters. The first kappa shape index (κ1) is 12.7. The molecule has 0 aliphatic heterocycles. The number of nitrogens with one attached hydrogen (secondary N) is 1. The molecule has 0 amide bonds. The topological polar surface area (TPSA) is 63.9 Å². The van der Waals surface area contributed by atoms with Gasteiger partial charge in [-0.05, 0) is 47.0 Å². The molecule has 1 saturated carbocycles. The van der Waals surface area contributed by atoms with E-state index >= 15 is 0 Å². The number of nitrogens with two attached hydrogens (primary N) is 1. The van der Waals surface area contributed by atoms with Gasteiger partial charge in [0.2, 0.25) is 0 Å². The average Bonchev–Trinajstić information content (AvgIpc) is 2.84. The standard InChI is InChI=1S/C14H16BrN3O/c1-19-13-3-2-8(6-11(13)15)12-7-17-14(18-12)9-4-10(16)5-9/h2-3,6-7,9-10H,4-5,16H2,1H3,(H,17,18). The van der Waals surface area contributed by atoms with Crippen LogP contribution in [0, 0.1) is 0 Å². The molecule has 1 aromatic carbocycles. The van der Waals surface area contributed by atoms with Gasteiger partial charge in [-0.3, -0.25) is 0 Å². The quantitative estimate of drug-likeness (QED) is 0.913. The summed E-state index contributed by atoms with van der Waals surface area (Å²) in [5.74, 6) is 2.36. The summed E-state index contributed by atoms with van der Waals surface area (Å²) < 4.78 is 6.17. The van der Waals surface area contributed by atoms with Crippen LogP contribution in [-0.2, 0) is 0 Å². The Balaban J connectivity index is 1.84. The molecule has 3 rings (SSSR count). The number of hydrogen-bond acceptors (Lipinski definition) is 3. The third-order valence-corrected chi connectivity index (χ3v) is 4.24. The van der Waals surface area contributed by atoms with E-state index in [9.17, 15) is 0 Å². The van der Waals surface area contributed by atoms with Crippen molar-refractivity contribution in [2.75, 3.05) is 7.11 Å². The van der Waals surface area contributed by atoms with Crippen LogP contribution in [0.5, 0.6) is 5.75 Å². The summed E-state index contributed by atoms with van der Waals surface area (Å²) in [6.45, 7) is 0. The fraction of sp³-hybridized carbons (Fsp3) is 0.357. The van der Waals surface area contributed by atoms with Crippen LogP contribution in [-0.4, -0.2) is 23.1 Å². The Morgan fingerprint density at radius 2 is 2.21 bits per heavy atom. The summed E-state index contributed by atoms with van der Waals surface area (Å²) in [6, 6.07) is 6.34. The van der Waals surface area contributed by atoms with Crippen molar-refractivity contribution in [3.8, 4) is 17.0 Å². The fourth-order valence-corrected chi connectivity index (χ4v) is 2.95. The fourth-order valence-electron chi connectivity index (χ4n) is 2.41. The minimum absolute atomic E-state index is 0.341. The summed E-state index contributed by atoms with van der Waals surface area (Å²) in [6.07, 6.45) is 3.94. The van der Waals surface area contributed by atoms with Crippen LogP contribution in [0.1, 0.15) is 24.6 Å². The molecule has 19 heavy (non-hydrogen) atoms. The molecule has 4 nitrogen and oxygen atoms in total. The van der Waals surface area contributed by atoms with E-state index in [0.29, 0.717) is 12.0 Å². The number of H-pyrrole nitrogens is 1. The zero-order chi connectivity index (χ0) is 13.4. The van der Waals surface area contributed by atoms with Crippen molar-refractivity contribution in [2.24, 2.45) is 5.73 Å². The third kappa shape index (κ3) is 2.40. The molecular weight excluding hydrogens is 306 g/mol. The predicted octanol–water partition coefficient (Wildman–Crippen LogP) is 3.05. The molecule has 5 heteroatoms. The molecule has 0 bridgehead atoms. The lowest BCUT2D eigenvalue weighted by Crippen LogP contribution is -2.35. The zero-order valence-electron chi connectivity index (χ0n) is 10.7. The SMILES string of the molecule is COc1ccc(-c2cnc(C3CC(N)C3)[nH]2)cc1Br. The van der Waals surface area contributed by atoms with Crippen LogP contribution in [0.25, 0.3) is 11.3 Å². The van der Waals surface area contributed by atoms with Crippen molar-refractivity contribution in [3.63, 3.8) is 0 Å². The van der Waals surface area contributed by atoms with Gasteiger partial charge in [0, 0.05) is 17.5 Å². The predicted molar refractivity (Wildman–Crippen MR) is 78.2 cm³/mol. The summed E-state index contributed by atoms with van der Waals surface area (Å²) in [7, 11) is 1.66. The van der Waals surface area contributed by atoms with Crippen molar-refractivity contribution >= 4 is 15.9 Å². The molecule has 1 heterocycles. The smallest absolute Gasteiger partial charge is 0.133 e. The second-order valence-corrected chi connectivity index (χ2v) is 5.81. The van der Waals surface area contributed by atoms with Gasteiger partial charge in [0.05, 0.1) is 23.5 Å². The van der Waals surface area contributed by atoms with E-state index in [-0.39, 0.29) is 0 Å². The van der Waals surface area contributed by atoms with Gasteiger partial charge in [0.15, 0.2) is 0 Å². The van der Waals surface area contributed by atoms with Gasteiger partial charge in [-0.15, -0.1) is 0 Å². The number of halogens is 1. The first-order chi connectivity index (χ1) is 9.17. The number of benzene rings is 1. The molecule has 1 aliphatic rings. The normalized spacial score (nSPS) is 22.1. The average molecular weight is 322 g/mol. The Labute approximate surface area is 120 Å². The Morgan fingerprint density at radius 1 is 1.42 bits per heavy atom. The monoisotopic (exact) mass is 321 g/mol. The van der Waals surface area contributed by atoms with E-state index < -0.39 is 0 Å². The number of rotatable bonds is 3. The highest BCUT2D eigenvalue weighted by molar-refractivity contribution is 9.10. The molecule has 100 valence electrons. The first-order valence-corrected chi connectivity index (χ1v) is 7.11. The number of imidazole rings is 1. The van der Waals surface area contributed by atoms with Crippen LogP contribution in [0.15, 0.2) is 28.9 Å². The minimum Gasteiger partial charge on any atom is -0.496 e. The van der Waals surface area contributed by atoms with Gasteiger partial charge in [-0.2, -0.15) is 0 Å². The van der Waals surface area contributed by atoms with Crippen LogP contribution < -0.4 is 10.5 Å². The Kier molecular flexibility index (Phi) is 3.33. The largest absolute Gasteiger partial charge is 0.496 e. The second kappa shape index (κ2) is 4.98. The molecule has 0 saturated heterocycles. The van der Waals surface area contributed by atoms with Gasteiger partial charge >= 0.3 is 0 Å². The van der Waals surface area contributed by atoms with Gasteiger partial charge in [0.1, 0.15) is 11.6 Å².